The van der Waals surface area contributed by atoms with E-state index in [4.69, 9.17) is 4.74 Å². The van der Waals surface area contributed by atoms with Gasteiger partial charge >= 0.3 is 0 Å². The van der Waals surface area contributed by atoms with Gasteiger partial charge in [0.05, 0.1) is 15.4 Å². The van der Waals surface area contributed by atoms with Crippen molar-refractivity contribution in [3.63, 3.8) is 0 Å². The fraction of sp³-hybridized carbons (Fsp3) is 0.0476. The fourth-order valence-electron chi connectivity index (χ4n) is 2.88. The largest absolute Gasteiger partial charge is 0.457 e. The molecule has 0 saturated heterocycles. The number of nitro groups is 1. The summed E-state index contributed by atoms with van der Waals surface area (Å²) >= 11 is 1.02. The number of benzene rings is 2. The molecule has 4 rings (SSSR count). The average molecular weight is 470 g/mol. The van der Waals surface area contributed by atoms with Crippen molar-refractivity contribution in [1.29, 1.82) is 0 Å². The molecule has 1 unspecified atom stereocenters. The normalized spacial score (nSPS) is 15.5. The van der Waals surface area contributed by atoms with Gasteiger partial charge in [-0.25, -0.2) is 8.42 Å². The Morgan fingerprint density at radius 1 is 1.09 bits per heavy atom. The number of nitrogens with one attached hydrogen (secondary N) is 1. The molecule has 0 saturated carbocycles. The highest BCUT2D eigenvalue weighted by atomic mass is 32.2. The van der Waals surface area contributed by atoms with Crippen molar-refractivity contribution in [2.24, 2.45) is 0 Å². The lowest BCUT2D eigenvalue weighted by molar-refractivity contribution is -0.384. The van der Waals surface area contributed by atoms with E-state index in [1.54, 1.807) is 30.6 Å². The van der Waals surface area contributed by atoms with Crippen LogP contribution in [0.4, 0.5) is 5.69 Å². The maximum atomic E-state index is 12.8. The Labute approximate surface area is 187 Å². The molecule has 1 aliphatic rings. The van der Waals surface area contributed by atoms with Gasteiger partial charge in [-0.1, -0.05) is 30.0 Å². The molecule has 3 aromatic rings. The van der Waals surface area contributed by atoms with Gasteiger partial charge in [-0.05, 0) is 30.3 Å². The minimum Gasteiger partial charge on any atom is -0.457 e. The third-order valence-corrected chi connectivity index (χ3v) is 7.45. The van der Waals surface area contributed by atoms with Crippen LogP contribution in [-0.4, -0.2) is 28.8 Å². The van der Waals surface area contributed by atoms with Crippen molar-refractivity contribution < 1.29 is 22.9 Å². The Balaban J connectivity index is 1.52. The first-order valence-electron chi connectivity index (χ1n) is 9.20. The van der Waals surface area contributed by atoms with Gasteiger partial charge in [0.25, 0.3) is 10.8 Å². The first kappa shape index (κ1) is 21.5. The zero-order chi connectivity index (χ0) is 22.7. The van der Waals surface area contributed by atoms with Crippen LogP contribution >= 0.6 is 11.8 Å². The lowest BCUT2D eigenvalue weighted by Crippen LogP contribution is -2.33. The predicted octanol–water partition coefficient (Wildman–Crippen LogP) is 3.74. The number of non-ortho nitro benzene ring substituents is 1. The van der Waals surface area contributed by atoms with Crippen LogP contribution in [0.3, 0.4) is 0 Å². The van der Waals surface area contributed by atoms with Gasteiger partial charge in [-0.15, -0.1) is 0 Å². The zero-order valence-electron chi connectivity index (χ0n) is 16.2. The summed E-state index contributed by atoms with van der Waals surface area (Å²) in [5.74, 6) is 1.11. The number of nitrogens with zero attached hydrogens (tertiary/aromatic N) is 2. The highest BCUT2D eigenvalue weighted by Gasteiger charge is 2.36. The molecule has 162 valence electrons. The van der Waals surface area contributed by atoms with E-state index in [1.807, 2.05) is 18.2 Å². The summed E-state index contributed by atoms with van der Waals surface area (Å²) in [5, 5.41) is 11.4. The van der Waals surface area contributed by atoms with Crippen LogP contribution in [0.1, 0.15) is 5.56 Å². The summed E-state index contributed by atoms with van der Waals surface area (Å²) < 4.78 is 31.3. The molecule has 32 heavy (non-hydrogen) atoms. The SMILES string of the molecule is O=C(C1NC=C(c2cnccc2Oc2ccccc2)S1)S(=O)(=O)c1ccc([N+](=O)[O-])cc1. The molecule has 0 bridgehead atoms. The van der Waals surface area contributed by atoms with E-state index in [2.05, 4.69) is 10.3 Å². The smallest absolute Gasteiger partial charge is 0.283 e. The average Bonchev–Trinajstić information content (AvgIpc) is 3.29. The van der Waals surface area contributed by atoms with E-state index in [9.17, 15) is 23.3 Å². The van der Waals surface area contributed by atoms with Gasteiger partial charge < -0.3 is 10.1 Å². The van der Waals surface area contributed by atoms with Crippen molar-refractivity contribution >= 4 is 37.3 Å². The third-order valence-electron chi connectivity index (χ3n) is 4.46. The van der Waals surface area contributed by atoms with Crippen molar-refractivity contribution in [3.05, 3.63) is 94.9 Å². The van der Waals surface area contributed by atoms with E-state index in [0.717, 1.165) is 36.0 Å². The number of sulfone groups is 1. The summed E-state index contributed by atoms with van der Waals surface area (Å²) in [6.07, 6.45) is 4.67. The summed E-state index contributed by atoms with van der Waals surface area (Å²) in [4.78, 5) is 27.3. The minimum absolute atomic E-state index is 0.267. The van der Waals surface area contributed by atoms with E-state index < -0.39 is 25.2 Å². The molecule has 2 aromatic carbocycles. The van der Waals surface area contributed by atoms with E-state index in [0.29, 0.717) is 22.0 Å². The lowest BCUT2D eigenvalue weighted by Gasteiger charge is -2.12. The number of carbonyl (C=O) groups excluding carboxylic acids is 1. The number of hydrogen-bond acceptors (Lipinski definition) is 9. The predicted molar refractivity (Wildman–Crippen MR) is 119 cm³/mol. The molecule has 0 radical (unpaired) electrons. The summed E-state index contributed by atoms with van der Waals surface area (Å²) in [5.41, 5.74) is 0.327. The monoisotopic (exact) mass is 469 g/mol. The number of pyridine rings is 1. The van der Waals surface area contributed by atoms with E-state index in [1.165, 1.54) is 6.20 Å². The molecule has 1 aliphatic heterocycles. The molecule has 1 aromatic heterocycles. The van der Waals surface area contributed by atoms with E-state index in [-0.39, 0.29) is 10.6 Å². The number of para-hydroxylation sites is 1. The van der Waals surface area contributed by atoms with Crippen LogP contribution in [0.15, 0.2) is 84.2 Å². The van der Waals surface area contributed by atoms with Gasteiger partial charge in [-0.3, -0.25) is 19.9 Å². The van der Waals surface area contributed by atoms with Crippen molar-refractivity contribution in [1.82, 2.24) is 10.3 Å². The van der Waals surface area contributed by atoms with Crippen molar-refractivity contribution in [3.8, 4) is 11.5 Å². The standard InChI is InChI=1S/C21H15N3O6S2/c25-21(32(28,29)16-8-6-14(7-9-16)24(26)27)20-23-13-19(31-20)17-12-22-11-10-18(17)30-15-4-2-1-3-5-15/h1-13,20,23H. The van der Waals surface area contributed by atoms with Gasteiger partial charge in [0.15, 0.2) is 5.37 Å². The quantitative estimate of drug-likeness (QED) is 0.424. The Kier molecular flexibility index (Phi) is 5.93. The fourth-order valence-corrected chi connectivity index (χ4v) is 5.38. The van der Waals surface area contributed by atoms with Crippen LogP contribution in [0.5, 0.6) is 11.5 Å². The summed E-state index contributed by atoms with van der Waals surface area (Å²) in [7, 11) is -4.35. The number of aromatic nitrogens is 1. The van der Waals surface area contributed by atoms with Crippen LogP contribution in [0, 0.1) is 10.1 Å². The molecular weight excluding hydrogens is 454 g/mol. The number of nitro benzene ring substituents is 1. The molecule has 0 fully saturated rings. The van der Waals surface area contributed by atoms with Crippen LogP contribution in [0.25, 0.3) is 4.91 Å². The number of hydrogen-bond donors (Lipinski definition) is 1. The van der Waals surface area contributed by atoms with Crippen LogP contribution in [-0.2, 0) is 14.6 Å². The van der Waals surface area contributed by atoms with Gasteiger partial charge in [-0.2, -0.15) is 0 Å². The first-order chi connectivity index (χ1) is 15.4. The highest BCUT2D eigenvalue weighted by molar-refractivity contribution is 8.14. The molecular formula is C21H15N3O6S2. The Bertz CT molecular complexity index is 1310. The summed E-state index contributed by atoms with van der Waals surface area (Å²) in [6.45, 7) is 0. The maximum absolute atomic E-state index is 12.8. The van der Waals surface area contributed by atoms with Gasteiger partial charge in [0.2, 0.25) is 9.84 Å². The van der Waals surface area contributed by atoms with Gasteiger partial charge in [0.1, 0.15) is 11.5 Å². The second kappa shape index (κ2) is 8.81. The second-order valence-electron chi connectivity index (χ2n) is 6.53. The first-order valence-corrected chi connectivity index (χ1v) is 11.6. The van der Waals surface area contributed by atoms with Crippen molar-refractivity contribution in [2.45, 2.75) is 10.3 Å². The number of rotatable bonds is 6. The Hall–Kier alpha value is -3.70. The number of thioether (sulfide) groups is 1. The molecule has 0 amide bonds. The minimum atomic E-state index is -4.35. The van der Waals surface area contributed by atoms with Crippen molar-refractivity contribution in [2.75, 3.05) is 0 Å². The molecule has 0 spiro atoms. The molecule has 2 heterocycles. The molecule has 11 heteroatoms. The third kappa shape index (κ3) is 4.34. The van der Waals surface area contributed by atoms with Crippen LogP contribution < -0.4 is 10.1 Å². The van der Waals surface area contributed by atoms with Crippen LogP contribution in [0.2, 0.25) is 0 Å². The Morgan fingerprint density at radius 2 is 1.81 bits per heavy atom. The second-order valence-corrected chi connectivity index (χ2v) is 9.56. The molecule has 0 aliphatic carbocycles. The topological polar surface area (TPSA) is 128 Å². The summed E-state index contributed by atoms with van der Waals surface area (Å²) in [6, 6.07) is 15.0. The highest BCUT2D eigenvalue weighted by Crippen LogP contribution is 2.40. The molecule has 9 nitrogen and oxygen atoms in total. The zero-order valence-corrected chi connectivity index (χ0v) is 17.9. The van der Waals surface area contributed by atoms with E-state index >= 15 is 0 Å². The molecule has 1 atom stereocenters. The molecule has 1 N–H and O–H groups in total. The maximum Gasteiger partial charge on any atom is 0.283 e. The number of ether oxygens (including phenoxy) is 1. The lowest BCUT2D eigenvalue weighted by atomic mass is 10.2. The number of carbonyl (C=O) groups is 1. The van der Waals surface area contributed by atoms with Gasteiger partial charge in [0, 0.05) is 35.6 Å². The Morgan fingerprint density at radius 3 is 2.50 bits per heavy atom.